The minimum atomic E-state index is 0.737. The maximum Gasteiger partial charge on any atom is 0.119 e. The molecule has 0 saturated carbocycles. The van der Waals surface area contributed by atoms with Crippen molar-refractivity contribution >= 4 is 22.6 Å². The maximum absolute atomic E-state index is 6.06. The SMILES string of the molecule is CCc1nc2cc(Cl)ccc2n1CCCCOc1ccccc1. The predicted molar refractivity (Wildman–Crippen MR) is 95.3 cm³/mol. The van der Waals surface area contributed by atoms with Crippen molar-refractivity contribution in [2.75, 3.05) is 6.61 Å². The van der Waals surface area contributed by atoms with Crippen molar-refractivity contribution in [1.82, 2.24) is 9.55 Å². The third-order valence-electron chi connectivity index (χ3n) is 3.89. The van der Waals surface area contributed by atoms with Gasteiger partial charge >= 0.3 is 0 Å². The highest BCUT2D eigenvalue weighted by atomic mass is 35.5. The molecule has 3 rings (SSSR count). The monoisotopic (exact) mass is 328 g/mol. The fourth-order valence-electron chi connectivity index (χ4n) is 2.75. The first-order chi connectivity index (χ1) is 11.3. The molecule has 0 spiro atoms. The van der Waals surface area contributed by atoms with Crippen LogP contribution in [0.3, 0.4) is 0 Å². The van der Waals surface area contributed by atoms with Crippen molar-refractivity contribution in [2.45, 2.75) is 32.7 Å². The van der Waals surface area contributed by atoms with Gasteiger partial charge in [0.25, 0.3) is 0 Å². The highest BCUT2D eigenvalue weighted by molar-refractivity contribution is 6.31. The lowest BCUT2D eigenvalue weighted by Crippen LogP contribution is -2.05. The van der Waals surface area contributed by atoms with Gasteiger partial charge < -0.3 is 9.30 Å². The van der Waals surface area contributed by atoms with Crippen LogP contribution >= 0.6 is 11.6 Å². The number of hydrogen-bond donors (Lipinski definition) is 0. The van der Waals surface area contributed by atoms with Crippen LogP contribution in [0.2, 0.25) is 5.02 Å². The molecule has 0 unspecified atom stereocenters. The summed E-state index contributed by atoms with van der Waals surface area (Å²) in [6, 6.07) is 15.9. The number of aromatic nitrogens is 2. The zero-order valence-electron chi connectivity index (χ0n) is 13.3. The van der Waals surface area contributed by atoms with Crippen molar-refractivity contribution in [2.24, 2.45) is 0 Å². The topological polar surface area (TPSA) is 27.1 Å². The molecular formula is C19H21ClN2O. The third kappa shape index (κ3) is 3.85. The summed E-state index contributed by atoms with van der Waals surface area (Å²) in [6.07, 6.45) is 3.01. The average Bonchev–Trinajstić information content (AvgIpc) is 2.92. The van der Waals surface area contributed by atoms with Crippen molar-refractivity contribution in [3.05, 3.63) is 59.4 Å². The van der Waals surface area contributed by atoms with E-state index in [-0.39, 0.29) is 0 Å². The van der Waals surface area contributed by atoms with Gasteiger partial charge in [-0.25, -0.2) is 4.98 Å². The molecule has 1 heterocycles. The number of hydrogen-bond acceptors (Lipinski definition) is 2. The van der Waals surface area contributed by atoms with Crippen LogP contribution < -0.4 is 4.74 Å². The molecule has 0 aliphatic carbocycles. The molecule has 0 fully saturated rings. The van der Waals surface area contributed by atoms with Crippen LogP contribution in [0, 0.1) is 0 Å². The Kier molecular flexibility index (Phi) is 5.19. The molecule has 0 radical (unpaired) electrons. The van der Waals surface area contributed by atoms with Crippen molar-refractivity contribution in [1.29, 1.82) is 0 Å². The van der Waals surface area contributed by atoms with E-state index in [1.807, 2.05) is 42.5 Å². The summed E-state index contributed by atoms with van der Waals surface area (Å²) in [7, 11) is 0. The molecule has 0 bridgehead atoms. The van der Waals surface area contributed by atoms with Crippen molar-refractivity contribution in [3.63, 3.8) is 0 Å². The van der Waals surface area contributed by atoms with Crippen LogP contribution in [0.25, 0.3) is 11.0 Å². The second-order valence-corrected chi connectivity index (χ2v) is 5.97. The summed E-state index contributed by atoms with van der Waals surface area (Å²) < 4.78 is 8.04. The molecule has 0 atom stereocenters. The fraction of sp³-hybridized carbons (Fsp3) is 0.316. The number of fused-ring (bicyclic) bond motifs is 1. The van der Waals surface area contributed by atoms with E-state index in [4.69, 9.17) is 16.3 Å². The fourth-order valence-corrected chi connectivity index (χ4v) is 2.92. The van der Waals surface area contributed by atoms with E-state index < -0.39 is 0 Å². The molecule has 4 heteroatoms. The van der Waals surface area contributed by atoms with Crippen LogP contribution in [-0.4, -0.2) is 16.2 Å². The number of imidazole rings is 1. The van der Waals surface area contributed by atoms with Gasteiger partial charge in [-0.1, -0.05) is 36.7 Å². The second-order valence-electron chi connectivity index (χ2n) is 5.53. The lowest BCUT2D eigenvalue weighted by atomic mass is 10.3. The summed E-state index contributed by atoms with van der Waals surface area (Å²) in [5.41, 5.74) is 2.14. The Morgan fingerprint density at radius 1 is 1.09 bits per heavy atom. The molecule has 2 aromatic carbocycles. The predicted octanol–water partition coefficient (Wildman–Crippen LogP) is 5.11. The van der Waals surface area contributed by atoms with Gasteiger partial charge in [0.05, 0.1) is 17.6 Å². The Morgan fingerprint density at radius 2 is 1.91 bits per heavy atom. The number of halogens is 1. The van der Waals surface area contributed by atoms with Crippen LogP contribution in [-0.2, 0) is 13.0 Å². The standard InChI is InChI=1S/C19H21ClN2O/c1-2-19-21-17-14-15(20)10-11-18(17)22(19)12-6-7-13-23-16-8-4-3-5-9-16/h3-5,8-11,14H,2,6-7,12-13H2,1H3. The number of ether oxygens (including phenoxy) is 1. The Bertz CT molecular complexity index is 768. The molecule has 1 aromatic heterocycles. The molecule has 120 valence electrons. The maximum atomic E-state index is 6.06. The number of unbranched alkanes of at least 4 members (excludes halogenated alkanes) is 1. The quantitative estimate of drug-likeness (QED) is 0.563. The van der Waals surface area contributed by atoms with Gasteiger partial charge in [-0.2, -0.15) is 0 Å². The van der Waals surface area contributed by atoms with E-state index in [2.05, 4.69) is 22.5 Å². The highest BCUT2D eigenvalue weighted by Crippen LogP contribution is 2.21. The summed E-state index contributed by atoms with van der Waals surface area (Å²) in [6.45, 7) is 3.83. The smallest absolute Gasteiger partial charge is 0.119 e. The first-order valence-corrected chi connectivity index (χ1v) is 8.48. The van der Waals surface area contributed by atoms with Crippen LogP contribution in [0.5, 0.6) is 5.75 Å². The molecule has 0 aliphatic heterocycles. The molecule has 0 N–H and O–H groups in total. The van der Waals surface area contributed by atoms with Crippen LogP contribution in [0.1, 0.15) is 25.6 Å². The van der Waals surface area contributed by atoms with Gasteiger partial charge in [-0.3, -0.25) is 0 Å². The lowest BCUT2D eigenvalue weighted by Gasteiger charge is -2.09. The summed E-state index contributed by atoms with van der Waals surface area (Å²) in [4.78, 5) is 4.69. The van der Waals surface area contributed by atoms with E-state index >= 15 is 0 Å². The molecule has 0 saturated heterocycles. The first-order valence-electron chi connectivity index (χ1n) is 8.10. The van der Waals surface area contributed by atoms with Crippen LogP contribution in [0.15, 0.2) is 48.5 Å². The minimum Gasteiger partial charge on any atom is -0.494 e. The molecule has 3 aromatic rings. The number of rotatable bonds is 7. The largest absolute Gasteiger partial charge is 0.494 e. The highest BCUT2D eigenvalue weighted by Gasteiger charge is 2.09. The summed E-state index contributed by atoms with van der Waals surface area (Å²) >= 11 is 6.06. The number of benzene rings is 2. The van der Waals surface area contributed by atoms with Crippen molar-refractivity contribution in [3.8, 4) is 5.75 Å². The number of nitrogens with zero attached hydrogens (tertiary/aromatic N) is 2. The van der Waals surface area contributed by atoms with E-state index in [0.29, 0.717) is 0 Å². The van der Waals surface area contributed by atoms with Gasteiger partial charge in [0.2, 0.25) is 0 Å². The van der Waals surface area contributed by atoms with Gasteiger partial charge in [-0.05, 0) is 43.2 Å². The Hall–Kier alpha value is -2.00. The Balaban J connectivity index is 1.58. The van der Waals surface area contributed by atoms with Gasteiger partial charge in [-0.15, -0.1) is 0 Å². The average molecular weight is 329 g/mol. The zero-order valence-corrected chi connectivity index (χ0v) is 14.1. The Labute approximate surface area is 141 Å². The molecule has 0 aliphatic rings. The number of para-hydroxylation sites is 1. The Morgan fingerprint density at radius 3 is 2.70 bits per heavy atom. The molecule has 0 amide bonds. The normalized spacial score (nSPS) is 11.0. The molecule has 23 heavy (non-hydrogen) atoms. The summed E-state index contributed by atoms with van der Waals surface area (Å²) in [5, 5.41) is 0.737. The lowest BCUT2D eigenvalue weighted by molar-refractivity contribution is 0.303. The van der Waals surface area contributed by atoms with E-state index in [0.717, 1.165) is 60.0 Å². The van der Waals surface area contributed by atoms with Gasteiger partial charge in [0.15, 0.2) is 0 Å². The van der Waals surface area contributed by atoms with Gasteiger partial charge in [0, 0.05) is 18.0 Å². The first kappa shape index (κ1) is 15.9. The molecule has 3 nitrogen and oxygen atoms in total. The van der Waals surface area contributed by atoms with Crippen LogP contribution in [0.4, 0.5) is 0 Å². The van der Waals surface area contributed by atoms with E-state index in [1.54, 1.807) is 0 Å². The molecular weight excluding hydrogens is 308 g/mol. The third-order valence-corrected chi connectivity index (χ3v) is 4.13. The van der Waals surface area contributed by atoms with Gasteiger partial charge in [0.1, 0.15) is 11.6 Å². The number of aryl methyl sites for hydroxylation is 2. The summed E-state index contributed by atoms with van der Waals surface area (Å²) in [5.74, 6) is 2.05. The zero-order chi connectivity index (χ0) is 16.1. The minimum absolute atomic E-state index is 0.737. The van der Waals surface area contributed by atoms with E-state index in [1.165, 1.54) is 0 Å². The second kappa shape index (κ2) is 7.51. The van der Waals surface area contributed by atoms with E-state index in [9.17, 15) is 0 Å². The van der Waals surface area contributed by atoms with Crippen molar-refractivity contribution < 1.29 is 4.74 Å².